The van der Waals surface area contributed by atoms with Gasteiger partial charge in [0.05, 0.1) is 5.56 Å². The third kappa shape index (κ3) is 4.59. The smallest absolute Gasteiger partial charge is 0.256 e. The molecule has 0 atom stereocenters. The average molecular weight is 364 g/mol. The van der Waals surface area contributed by atoms with Gasteiger partial charge in [0.15, 0.2) is 0 Å². The second kappa shape index (κ2) is 8.60. The largest absolute Gasteiger partial charge is 0.339 e. The molecule has 1 aliphatic carbocycles. The number of carbonyl (C=O) groups is 2. The quantitative estimate of drug-likeness (QED) is 0.819. The molecular formula is C20H26F2N2O2. The van der Waals surface area contributed by atoms with E-state index < -0.39 is 17.5 Å². The molecule has 2 fully saturated rings. The third-order valence-corrected chi connectivity index (χ3v) is 5.57. The summed E-state index contributed by atoms with van der Waals surface area (Å²) < 4.78 is 26.8. The highest BCUT2D eigenvalue weighted by Crippen LogP contribution is 2.27. The maximum absolute atomic E-state index is 13.8. The molecule has 0 unspecified atom stereocenters. The molecular weight excluding hydrogens is 338 g/mol. The van der Waals surface area contributed by atoms with Crippen LogP contribution < -0.4 is 0 Å². The van der Waals surface area contributed by atoms with E-state index in [1.807, 2.05) is 0 Å². The summed E-state index contributed by atoms with van der Waals surface area (Å²) in [6.45, 7) is 1.70. The van der Waals surface area contributed by atoms with Crippen molar-refractivity contribution >= 4 is 11.8 Å². The van der Waals surface area contributed by atoms with Crippen LogP contribution in [-0.4, -0.2) is 47.8 Å². The van der Waals surface area contributed by atoms with Gasteiger partial charge < -0.3 is 9.80 Å². The minimum absolute atomic E-state index is 0.122. The van der Waals surface area contributed by atoms with E-state index in [9.17, 15) is 18.4 Å². The van der Waals surface area contributed by atoms with Gasteiger partial charge in [-0.05, 0) is 24.5 Å². The average Bonchev–Trinajstić information content (AvgIpc) is 2.66. The Morgan fingerprint density at radius 3 is 2.27 bits per heavy atom. The van der Waals surface area contributed by atoms with Crippen molar-refractivity contribution in [3.63, 3.8) is 0 Å². The monoisotopic (exact) mass is 364 g/mol. The zero-order valence-corrected chi connectivity index (χ0v) is 15.1. The fraction of sp³-hybridized carbons (Fsp3) is 0.600. The van der Waals surface area contributed by atoms with Gasteiger partial charge in [-0.25, -0.2) is 8.78 Å². The van der Waals surface area contributed by atoms with Gasteiger partial charge in [0.25, 0.3) is 5.91 Å². The van der Waals surface area contributed by atoms with Crippen LogP contribution in [0.5, 0.6) is 0 Å². The number of nitrogens with zero attached hydrogens (tertiary/aromatic N) is 2. The standard InChI is InChI=1S/C20H26F2N2O2/c21-16-7-8-17(18(22)14-16)20(26)24-12-10-23(11-13-24)19(25)9-6-15-4-2-1-3-5-15/h7-8,14-15H,1-6,9-13H2. The van der Waals surface area contributed by atoms with Gasteiger partial charge in [-0.3, -0.25) is 9.59 Å². The molecule has 4 nitrogen and oxygen atoms in total. The van der Waals surface area contributed by atoms with Crippen molar-refractivity contribution in [1.29, 1.82) is 0 Å². The number of carbonyl (C=O) groups excluding carboxylic acids is 2. The molecule has 142 valence electrons. The summed E-state index contributed by atoms with van der Waals surface area (Å²) in [4.78, 5) is 28.1. The number of hydrogen-bond donors (Lipinski definition) is 0. The summed E-state index contributed by atoms with van der Waals surface area (Å²) in [7, 11) is 0. The summed E-state index contributed by atoms with van der Waals surface area (Å²) in [5.74, 6) is -1.17. The van der Waals surface area contributed by atoms with Crippen molar-refractivity contribution in [2.45, 2.75) is 44.9 Å². The Morgan fingerprint density at radius 2 is 1.62 bits per heavy atom. The number of piperazine rings is 1. The summed E-state index contributed by atoms with van der Waals surface area (Å²) in [5, 5.41) is 0. The number of rotatable bonds is 4. The third-order valence-electron chi connectivity index (χ3n) is 5.57. The zero-order valence-electron chi connectivity index (χ0n) is 15.1. The van der Waals surface area contributed by atoms with Crippen molar-refractivity contribution in [2.24, 2.45) is 5.92 Å². The van der Waals surface area contributed by atoms with Gasteiger partial charge in [-0.2, -0.15) is 0 Å². The Kier molecular flexibility index (Phi) is 6.22. The SMILES string of the molecule is O=C(CCC1CCCCC1)N1CCN(C(=O)c2ccc(F)cc2F)CC1. The molecule has 2 aliphatic rings. The molecule has 0 N–H and O–H groups in total. The Morgan fingerprint density at radius 1 is 0.962 bits per heavy atom. The highest BCUT2D eigenvalue weighted by Gasteiger charge is 2.26. The lowest BCUT2D eigenvalue weighted by molar-refractivity contribution is -0.133. The van der Waals surface area contributed by atoms with E-state index in [2.05, 4.69) is 0 Å². The van der Waals surface area contributed by atoms with Gasteiger partial charge in [-0.15, -0.1) is 0 Å². The fourth-order valence-electron chi connectivity index (χ4n) is 3.95. The van der Waals surface area contributed by atoms with Crippen LogP contribution in [0.15, 0.2) is 18.2 Å². The van der Waals surface area contributed by atoms with E-state index in [1.165, 1.54) is 43.1 Å². The van der Waals surface area contributed by atoms with Gasteiger partial charge in [-0.1, -0.05) is 32.1 Å². The predicted octanol–water partition coefficient (Wildman–Crippen LogP) is 3.61. The van der Waals surface area contributed by atoms with E-state index in [-0.39, 0.29) is 11.5 Å². The Labute approximate surface area is 153 Å². The van der Waals surface area contributed by atoms with Crippen molar-refractivity contribution in [3.05, 3.63) is 35.4 Å². The van der Waals surface area contributed by atoms with E-state index in [0.717, 1.165) is 18.6 Å². The van der Waals surface area contributed by atoms with Gasteiger partial charge in [0.2, 0.25) is 5.91 Å². The second-order valence-electron chi connectivity index (χ2n) is 7.34. The van der Waals surface area contributed by atoms with Gasteiger partial charge in [0, 0.05) is 38.7 Å². The van der Waals surface area contributed by atoms with Crippen LogP contribution in [-0.2, 0) is 4.79 Å². The number of halogens is 2. The first-order chi connectivity index (χ1) is 12.5. The first kappa shape index (κ1) is 18.8. The van der Waals surface area contributed by atoms with Gasteiger partial charge in [0.1, 0.15) is 11.6 Å². The summed E-state index contributed by atoms with van der Waals surface area (Å²) in [6.07, 6.45) is 7.87. The molecule has 26 heavy (non-hydrogen) atoms. The molecule has 0 aromatic heterocycles. The highest BCUT2D eigenvalue weighted by molar-refractivity contribution is 5.94. The lowest BCUT2D eigenvalue weighted by atomic mass is 9.86. The van der Waals surface area contributed by atoms with Crippen molar-refractivity contribution < 1.29 is 18.4 Å². The molecule has 1 saturated carbocycles. The molecule has 1 aromatic carbocycles. The topological polar surface area (TPSA) is 40.6 Å². The van der Waals surface area contributed by atoms with Crippen molar-refractivity contribution in [2.75, 3.05) is 26.2 Å². The van der Waals surface area contributed by atoms with E-state index in [1.54, 1.807) is 4.90 Å². The molecule has 2 amide bonds. The molecule has 0 bridgehead atoms. The van der Waals surface area contributed by atoms with Crippen LogP contribution in [0.25, 0.3) is 0 Å². The molecule has 1 aromatic rings. The minimum Gasteiger partial charge on any atom is -0.339 e. The number of amides is 2. The van der Waals surface area contributed by atoms with Crippen LogP contribution in [0.2, 0.25) is 0 Å². The van der Waals surface area contributed by atoms with Crippen molar-refractivity contribution in [1.82, 2.24) is 9.80 Å². The molecule has 1 saturated heterocycles. The van der Waals surface area contributed by atoms with Crippen LogP contribution in [0.3, 0.4) is 0 Å². The summed E-state index contributed by atoms with van der Waals surface area (Å²) in [5.41, 5.74) is -0.122. The van der Waals surface area contributed by atoms with Crippen molar-refractivity contribution in [3.8, 4) is 0 Å². The number of hydrogen-bond acceptors (Lipinski definition) is 2. The first-order valence-electron chi connectivity index (χ1n) is 9.56. The fourth-order valence-corrected chi connectivity index (χ4v) is 3.95. The molecule has 0 spiro atoms. The maximum Gasteiger partial charge on any atom is 0.256 e. The Bertz CT molecular complexity index is 651. The molecule has 6 heteroatoms. The highest BCUT2D eigenvalue weighted by atomic mass is 19.1. The minimum atomic E-state index is -0.846. The van der Waals surface area contributed by atoms with Crippen LogP contribution in [0.4, 0.5) is 8.78 Å². The normalized spacial score (nSPS) is 18.8. The molecule has 3 rings (SSSR count). The lowest BCUT2D eigenvalue weighted by Gasteiger charge is -2.35. The predicted molar refractivity (Wildman–Crippen MR) is 94.7 cm³/mol. The van der Waals surface area contributed by atoms with Crippen LogP contribution >= 0.6 is 0 Å². The summed E-state index contributed by atoms with van der Waals surface area (Å²) in [6, 6.07) is 2.98. The van der Waals surface area contributed by atoms with E-state index in [4.69, 9.17) is 0 Å². The maximum atomic E-state index is 13.8. The summed E-state index contributed by atoms with van der Waals surface area (Å²) >= 11 is 0. The second-order valence-corrected chi connectivity index (χ2v) is 7.34. The molecule has 1 aliphatic heterocycles. The molecule has 1 heterocycles. The molecule has 0 radical (unpaired) electrons. The first-order valence-corrected chi connectivity index (χ1v) is 9.56. The Balaban J connectivity index is 1.47. The van der Waals surface area contributed by atoms with Gasteiger partial charge >= 0.3 is 0 Å². The Hall–Kier alpha value is -1.98. The zero-order chi connectivity index (χ0) is 18.5. The number of benzene rings is 1. The lowest BCUT2D eigenvalue weighted by Crippen LogP contribution is -2.50. The van der Waals surface area contributed by atoms with E-state index >= 15 is 0 Å². The van der Waals surface area contributed by atoms with Crippen LogP contribution in [0, 0.1) is 17.6 Å². The van der Waals surface area contributed by atoms with E-state index in [0.29, 0.717) is 38.5 Å². The van der Waals surface area contributed by atoms with Crippen LogP contribution in [0.1, 0.15) is 55.3 Å².